The highest BCUT2D eigenvalue weighted by atomic mass is 16.5. The topological polar surface area (TPSA) is 29.3 Å². The fourth-order valence-corrected chi connectivity index (χ4v) is 1.49. The third-order valence-corrected chi connectivity index (χ3v) is 2.28. The minimum absolute atomic E-state index is 0.0234. The van der Waals surface area contributed by atoms with Gasteiger partial charge >= 0.3 is 5.97 Å². The van der Waals surface area contributed by atoms with Crippen molar-refractivity contribution in [3.63, 3.8) is 0 Å². The van der Waals surface area contributed by atoms with Gasteiger partial charge in [-0.2, -0.15) is 0 Å². The summed E-state index contributed by atoms with van der Waals surface area (Å²) in [6.45, 7) is 3.66. The van der Waals surface area contributed by atoms with Gasteiger partial charge in [-0.05, 0) is 6.42 Å². The van der Waals surface area contributed by atoms with Crippen LogP contribution in [0, 0.1) is 0 Å². The number of esters is 1. The number of hydrogen-bond acceptors (Lipinski definition) is 3. The van der Waals surface area contributed by atoms with Crippen molar-refractivity contribution in [1.29, 1.82) is 0 Å². The van der Waals surface area contributed by atoms with Crippen LogP contribution in [0.1, 0.15) is 13.3 Å². The minimum Gasteiger partial charge on any atom is -0.463 e. The zero-order valence-electron chi connectivity index (χ0n) is 6.04. The molecule has 0 saturated carbocycles. The molecule has 0 aliphatic carbocycles. The van der Waals surface area contributed by atoms with E-state index < -0.39 is 0 Å². The number of fused-ring (bicyclic) bond motifs is 1. The van der Waals surface area contributed by atoms with E-state index in [1.807, 2.05) is 0 Å². The molecule has 2 aliphatic heterocycles. The van der Waals surface area contributed by atoms with Gasteiger partial charge < -0.3 is 4.74 Å². The maximum absolute atomic E-state index is 10.8. The number of carbonyl (C=O) groups excluding carboxylic acids is 1. The van der Waals surface area contributed by atoms with Crippen LogP contribution in [0.4, 0.5) is 0 Å². The predicted molar refractivity (Wildman–Crippen MR) is 35.5 cm³/mol. The van der Waals surface area contributed by atoms with Crippen LogP contribution >= 0.6 is 0 Å². The average Bonchev–Trinajstić information content (AvgIpc) is 2.68. The molecule has 0 aromatic rings. The predicted octanol–water partition coefficient (Wildman–Crippen LogP) is 0.00600. The molecule has 0 N–H and O–H groups in total. The number of ether oxygens (including phenoxy) is 1. The van der Waals surface area contributed by atoms with Crippen LogP contribution in [0.5, 0.6) is 0 Å². The maximum Gasteiger partial charge on any atom is 0.324 e. The third kappa shape index (κ3) is 0.736. The van der Waals surface area contributed by atoms with E-state index >= 15 is 0 Å². The van der Waals surface area contributed by atoms with Gasteiger partial charge in [0.2, 0.25) is 0 Å². The summed E-state index contributed by atoms with van der Waals surface area (Å²) in [5.41, 5.74) is 0. The first-order valence-corrected chi connectivity index (χ1v) is 3.75. The Morgan fingerprint density at radius 1 is 1.80 bits per heavy atom. The van der Waals surface area contributed by atoms with Crippen LogP contribution in [0.25, 0.3) is 0 Å². The van der Waals surface area contributed by atoms with Crippen molar-refractivity contribution in [2.24, 2.45) is 0 Å². The van der Waals surface area contributed by atoms with Crippen molar-refractivity contribution in [2.45, 2.75) is 25.4 Å². The Bertz CT molecular complexity index is 169. The smallest absolute Gasteiger partial charge is 0.324 e. The summed E-state index contributed by atoms with van der Waals surface area (Å²) in [6.07, 6.45) is 1.09. The Kier molecular flexibility index (Phi) is 1.20. The van der Waals surface area contributed by atoms with Crippen LogP contribution in [0.3, 0.4) is 0 Å². The molecule has 0 radical (unpaired) electrons. The van der Waals surface area contributed by atoms with Gasteiger partial charge in [0.15, 0.2) is 0 Å². The van der Waals surface area contributed by atoms with Crippen molar-refractivity contribution in [1.82, 2.24) is 4.90 Å². The lowest BCUT2D eigenvalue weighted by Crippen LogP contribution is -2.35. The van der Waals surface area contributed by atoms with E-state index in [2.05, 4.69) is 11.8 Å². The molecule has 3 heteroatoms. The molecule has 2 heterocycles. The van der Waals surface area contributed by atoms with Crippen LogP contribution in [0.2, 0.25) is 0 Å². The first-order valence-electron chi connectivity index (χ1n) is 3.75. The number of carbonyl (C=O) groups is 1. The summed E-state index contributed by atoms with van der Waals surface area (Å²) in [5, 5.41) is 0. The standard InChI is InChI=1S/C7H11NO2/c1-2-5-4-10-7(9)6-3-8(5)6/h5-6H,2-4H2,1H3/t5-,6+,8?/m1/s1. The highest BCUT2D eigenvalue weighted by Gasteiger charge is 2.49. The summed E-state index contributed by atoms with van der Waals surface area (Å²) in [6, 6.07) is 0.626. The van der Waals surface area contributed by atoms with Crippen LogP contribution in [-0.2, 0) is 9.53 Å². The van der Waals surface area contributed by atoms with Gasteiger partial charge in [-0.25, -0.2) is 0 Å². The van der Waals surface area contributed by atoms with Gasteiger partial charge in [0.05, 0.1) is 0 Å². The minimum atomic E-state index is -0.0234. The van der Waals surface area contributed by atoms with Gasteiger partial charge in [0, 0.05) is 12.6 Å². The molecule has 2 saturated heterocycles. The second kappa shape index (κ2) is 1.95. The van der Waals surface area contributed by atoms with E-state index in [0.29, 0.717) is 12.6 Å². The molecule has 56 valence electrons. The highest BCUT2D eigenvalue weighted by Crippen LogP contribution is 2.28. The summed E-state index contributed by atoms with van der Waals surface area (Å²) in [7, 11) is 0. The van der Waals surface area contributed by atoms with Crippen LogP contribution < -0.4 is 0 Å². The fraction of sp³-hybridized carbons (Fsp3) is 0.857. The molecule has 0 amide bonds. The Balaban J connectivity index is 2.01. The number of nitrogens with zero attached hydrogens (tertiary/aromatic N) is 1. The lowest BCUT2D eigenvalue weighted by atomic mass is 10.2. The molecule has 0 aromatic heterocycles. The van der Waals surface area contributed by atoms with E-state index in [1.165, 1.54) is 0 Å². The van der Waals surface area contributed by atoms with Crippen molar-refractivity contribution in [3.05, 3.63) is 0 Å². The second-order valence-electron chi connectivity index (χ2n) is 2.90. The zero-order valence-corrected chi connectivity index (χ0v) is 6.04. The third-order valence-electron chi connectivity index (χ3n) is 2.28. The fourth-order valence-electron chi connectivity index (χ4n) is 1.49. The number of hydrogen-bond donors (Lipinski definition) is 0. The van der Waals surface area contributed by atoms with Gasteiger partial charge in [-0.1, -0.05) is 6.92 Å². The lowest BCUT2D eigenvalue weighted by molar-refractivity contribution is -0.149. The maximum atomic E-state index is 10.8. The summed E-state index contributed by atoms with van der Waals surface area (Å²) in [5.74, 6) is -0.0234. The quantitative estimate of drug-likeness (QED) is 0.380. The van der Waals surface area contributed by atoms with E-state index in [0.717, 1.165) is 13.0 Å². The summed E-state index contributed by atoms with van der Waals surface area (Å²) >= 11 is 0. The Labute approximate surface area is 60.0 Å². The lowest BCUT2D eigenvalue weighted by Gasteiger charge is -2.21. The highest BCUT2D eigenvalue weighted by molar-refractivity contribution is 5.80. The molecule has 0 aromatic carbocycles. The molecular weight excluding hydrogens is 130 g/mol. The monoisotopic (exact) mass is 141 g/mol. The molecular formula is C7H11NO2. The first kappa shape index (κ1) is 6.16. The Hall–Kier alpha value is -0.570. The van der Waals surface area contributed by atoms with Crippen molar-refractivity contribution in [3.8, 4) is 0 Å². The van der Waals surface area contributed by atoms with E-state index in [9.17, 15) is 4.79 Å². The van der Waals surface area contributed by atoms with Crippen molar-refractivity contribution >= 4 is 5.97 Å². The molecule has 2 rings (SSSR count). The molecule has 2 fully saturated rings. The van der Waals surface area contributed by atoms with Gasteiger partial charge in [0.1, 0.15) is 12.6 Å². The number of rotatable bonds is 1. The van der Waals surface area contributed by atoms with Crippen LogP contribution in [-0.4, -0.2) is 36.1 Å². The van der Waals surface area contributed by atoms with Gasteiger partial charge in [0.25, 0.3) is 0 Å². The van der Waals surface area contributed by atoms with Gasteiger partial charge in [-0.15, -0.1) is 0 Å². The van der Waals surface area contributed by atoms with Crippen molar-refractivity contribution in [2.75, 3.05) is 13.2 Å². The van der Waals surface area contributed by atoms with E-state index in [4.69, 9.17) is 4.74 Å². The second-order valence-corrected chi connectivity index (χ2v) is 2.90. The van der Waals surface area contributed by atoms with E-state index in [-0.39, 0.29) is 12.0 Å². The number of cyclic esters (lactones) is 1. The molecule has 1 unspecified atom stereocenters. The summed E-state index contributed by atoms with van der Waals surface area (Å²) < 4.78 is 4.95. The largest absolute Gasteiger partial charge is 0.463 e. The first-order chi connectivity index (χ1) is 4.83. The molecule has 0 bridgehead atoms. The molecule has 3 nitrogen and oxygen atoms in total. The van der Waals surface area contributed by atoms with Crippen LogP contribution in [0.15, 0.2) is 0 Å². The molecule has 2 aliphatic rings. The van der Waals surface area contributed by atoms with E-state index in [1.54, 1.807) is 0 Å². The number of morpholine rings is 1. The Morgan fingerprint density at radius 3 is 3.30 bits per heavy atom. The normalized spacial score (nSPS) is 44.1. The summed E-state index contributed by atoms with van der Waals surface area (Å²) in [4.78, 5) is 13.0. The Morgan fingerprint density at radius 2 is 2.60 bits per heavy atom. The van der Waals surface area contributed by atoms with Gasteiger partial charge in [-0.3, -0.25) is 9.69 Å². The molecule has 3 atom stereocenters. The molecule has 0 spiro atoms. The molecule has 10 heavy (non-hydrogen) atoms. The SMILES string of the molecule is CC[C@@H]1COC(=O)[C@@H]2CN12. The van der Waals surface area contributed by atoms with Crippen molar-refractivity contribution < 1.29 is 9.53 Å². The average molecular weight is 141 g/mol. The zero-order chi connectivity index (χ0) is 7.14.